The smallest absolute Gasteiger partial charge is 0.261 e. The molecule has 0 atom stereocenters. The predicted octanol–water partition coefficient (Wildman–Crippen LogP) is 1.69. The largest absolute Gasteiger partial charge is 0.352 e. The van der Waals surface area contributed by atoms with Crippen LogP contribution in [-0.4, -0.2) is 29.0 Å². The molecule has 1 amide bonds. The van der Waals surface area contributed by atoms with Crippen molar-refractivity contribution in [2.24, 2.45) is 0 Å². The number of thiophene rings is 1. The highest BCUT2D eigenvalue weighted by Gasteiger charge is 2.06. The summed E-state index contributed by atoms with van der Waals surface area (Å²) in [6.45, 7) is 3.11. The lowest BCUT2D eigenvalue weighted by Gasteiger charge is -2.05. The van der Waals surface area contributed by atoms with E-state index in [2.05, 4.69) is 20.6 Å². The number of rotatable bonds is 5. The van der Waals surface area contributed by atoms with Crippen LogP contribution in [0.4, 0.5) is 5.95 Å². The van der Waals surface area contributed by atoms with E-state index < -0.39 is 0 Å². The zero-order valence-electron chi connectivity index (χ0n) is 10.0. The highest BCUT2D eigenvalue weighted by atomic mass is 32.1. The van der Waals surface area contributed by atoms with Gasteiger partial charge in [-0.3, -0.25) is 4.79 Å². The lowest BCUT2D eigenvalue weighted by atomic mass is 10.4. The molecule has 0 saturated carbocycles. The summed E-state index contributed by atoms with van der Waals surface area (Å²) in [7, 11) is 0. The SMILES string of the molecule is Cc1ccc(C(=O)NCCNc2ncccn2)s1. The standard InChI is InChI=1S/C12H14N4OS/c1-9-3-4-10(18-9)11(17)13-7-8-16-12-14-5-2-6-15-12/h2-6H,7-8H2,1H3,(H,13,17)(H,14,15,16). The Hall–Kier alpha value is -1.95. The number of carbonyl (C=O) groups is 1. The van der Waals surface area contributed by atoms with Gasteiger partial charge in [-0.2, -0.15) is 0 Å². The van der Waals surface area contributed by atoms with Crippen molar-refractivity contribution in [3.63, 3.8) is 0 Å². The van der Waals surface area contributed by atoms with Gasteiger partial charge in [-0.1, -0.05) is 0 Å². The molecule has 6 heteroatoms. The summed E-state index contributed by atoms with van der Waals surface area (Å²) in [6, 6.07) is 5.53. The van der Waals surface area contributed by atoms with E-state index in [4.69, 9.17) is 0 Å². The van der Waals surface area contributed by atoms with E-state index in [1.54, 1.807) is 18.5 Å². The van der Waals surface area contributed by atoms with Gasteiger partial charge in [-0.25, -0.2) is 9.97 Å². The highest BCUT2D eigenvalue weighted by molar-refractivity contribution is 7.13. The molecule has 0 aliphatic rings. The van der Waals surface area contributed by atoms with E-state index in [0.717, 1.165) is 9.75 Å². The van der Waals surface area contributed by atoms with Crippen LogP contribution in [0.3, 0.4) is 0 Å². The van der Waals surface area contributed by atoms with Crippen molar-refractivity contribution < 1.29 is 4.79 Å². The number of nitrogens with zero attached hydrogens (tertiary/aromatic N) is 2. The van der Waals surface area contributed by atoms with E-state index in [9.17, 15) is 4.79 Å². The fraction of sp³-hybridized carbons (Fsp3) is 0.250. The zero-order valence-corrected chi connectivity index (χ0v) is 10.8. The van der Waals surface area contributed by atoms with Gasteiger partial charge in [0, 0.05) is 30.4 Å². The van der Waals surface area contributed by atoms with Gasteiger partial charge in [0.2, 0.25) is 5.95 Å². The molecule has 0 fully saturated rings. The van der Waals surface area contributed by atoms with Crippen LogP contribution in [0.2, 0.25) is 0 Å². The first-order valence-corrected chi connectivity index (χ1v) is 6.43. The average Bonchev–Trinajstić information content (AvgIpc) is 2.82. The molecule has 0 spiro atoms. The summed E-state index contributed by atoms with van der Waals surface area (Å²) in [5.41, 5.74) is 0. The van der Waals surface area contributed by atoms with Crippen molar-refractivity contribution in [1.82, 2.24) is 15.3 Å². The van der Waals surface area contributed by atoms with E-state index >= 15 is 0 Å². The maximum Gasteiger partial charge on any atom is 0.261 e. The predicted molar refractivity (Wildman–Crippen MR) is 71.9 cm³/mol. The van der Waals surface area contributed by atoms with Gasteiger partial charge in [0.1, 0.15) is 0 Å². The van der Waals surface area contributed by atoms with Crippen molar-refractivity contribution >= 4 is 23.2 Å². The van der Waals surface area contributed by atoms with Crippen LogP contribution in [0.25, 0.3) is 0 Å². The van der Waals surface area contributed by atoms with Crippen molar-refractivity contribution in [1.29, 1.82) is 0 Å². The summed E-state index contributed by atoms with van der Waals surface area (Å²) in [6.07, 6.45) is 3.34. The molecule has 0 aromatic carbocycles. The second-order valence-corrected chi connectivity index (χ2v) is 4.95. The second kappa shape index (κ2) is 6.11. The topological polar surface area (TPSA) is 66.9 Å². The molecule has 2 aromatic rings. The van der Waals surface area contributed by atoms with Crippen LogP contribution < -0.4 is 10.6 Å². The van der Waals surface area contributed by atoms with E-state index in [1.807, 2.05) is 19.1 Å². The third-order valence-electron chi connectivity index (χ3n) is 2.22. The van der Waals surface area contributed by atoms with E-state index in [0.29, 0.717) is 19.0 Å². The van der Waals surface area contributed by atoms with Crippen molar-refractivity contribution in [3.05, 3.63) is 40.3 Å². The Morgan fingerprint density at radius 3 is 2.72 bits per heavy atom. The molecule has 0 radical (unpaired) electrons. The molecule has 0 saturated heterocycles. The molecular weight excluding hydrogens is 248 g/mol. The van der Waals surface area contributed by atoms with Gasteiger partial charge in [0.05, 0.1) is 4.88 Å². The van der Waals surface area contributed by atoms with Crippen LogP contribution in [0.15, 0.2) is 30.6 Å². The van der Waals surface area contributed by atoms with E-state index in [-0.39, 0.29) is 5.91 Å². The fourth-order valence-corrected chi connectivity index (χ4v) is 2.17. The molecule has 2 N–H and O–H groups in total. The van der Waals surface area contributed by atoms with Gasteiger partial charge in [0.15, 0.2) is 0 Å². The quantitative estimate of drug-likeness (QED) is 0.805. The van der Waals surface area contributed by atoms with Crippen LogP contribution >= 0.6 is 11.3 Å². The number of aryl methyl sites for hydroxylation is 1. The van der Waals surface area contributed by atoms with Crippen LogP contribution in [-0.2, 0) is 0 Å². The van der Waals surface area contributed by atoms with Gasteiger partial charge in [-0.05, 0) is 25.1 Å². The van der Waals surface area contributed by atoms with Crippen molar-refractivity contribution in [2.45, 2.75) is 6.92 Å². The minimum Gasteiger partial charge on any atom is -0.352 e. The Balaban J connectivity index is 1.71. The average molecular weight is 262 g/mol. The summed E-state index contributed by atoms with van der Waals surface area (Å²) in [4.78, 5) is 21.6. The molecule has 0 aliphatic heterocycles. The number of amides is 1. The highest BCUT2D eigenvalue weighted by Crippen LogP contribution is 2.14. The molecule has 0 aliphatic carbocycles. The summed E-state index contributed by atoms with van der Waals surface area (Å²) < 4.78 is 0. The molecule has 2 heterocycles. The molecule has 18 heavy (non-hydrogen) atoms. The molecule has 2 rings (SSSR count). The van der Waals surface area contributed by atoms with Gasteiger partial charge < -0.3 is 10.6 Å². The Bertz CT molecular complexity index is 512. The molecule has 2 aromatic heterocycles. The zero-order chi connectivity index (χ0) is 12.8. The summed E-state index contributed by atoms with van der Waals surface area (Å²) in [5.74, 6) is 0.530. The Morgan fingerprint density at radius 1 is 1.28 bits per heavy atom. The minimum atomic E-state index is -0.0381. The lowest BCUT2D eigenvalue weighted by molar-refractivity contribution is 0.0959. The van der Waals surface area contributed by atoms with Crippen LogP contribution in [0.5, 0.6) is 0 Å². The Kier molecular flexibility index (Phi) is 4.25. The summed E-state index contributed by atoms with van der Waals surface area (Å²) >= 11 is 1.49. The van der Waals surface area contributed by atoms with Crippen LogP contribution in [0.1, 0.15) is 14.5 Å². The first-order valence-electron chi connectivity index (χ1n) is 5.61. The second-order valence-electron chi connectivity index (χ2n) is 3.67. The number of hydrogen-bond acceptors (Lipinski definition) is 5. The first kappa shape index (κ1) is 12.5. The third kappa shape index (κ3) is 3.53. The Morgan fingerprint density at radius 2 is 2.06 bits per heavy atom. The molecule has 5 nitrogen and oxygen atoms in total. The van der Waals surface area contributed by atoms with Crippen molar-refractivity contribution in [2.75, 3.05) is 18.4 Å². The fourth-order valence-electron chi connectivity index (χ4n) is 1.38. The number of hydrogen-bond donors (Lipinski definition) is 2. The van der Waals surface area contributed by atoms with Gasteiger partial charge >= 0.3 is 0 Å². The Labute approximate surface area is 109 Å². The number of nitrogens with one attached hydrogen (secondary N) is 2. The minimum absolute atomic E-state index is 0.0381. The molecule has 0 bridgehead atoms. The lowest BCUT2D eigenvalue weighted by Crippen LogP contribution is -2.28. The number of carbonyl (C=O) groups excluding carboxylic acids is 1. The maximum absolute atomic E-state index is 11.7. The van der Waals surface area contributed by atoms with Gasteiger partial charge in [0.25, 0.3) is 5.91 Å². The molecular formula is C12H14N4OS. The van der Waals surface area contributed by atoms with Crippen LogP contribution in [0, 0.1) is 6.92 Å². The van der Waals surface area contributed by atoms with E-state index in [1.165, 1.54) is 11.3 Å². The number of aromatic nitrogens is 2. The third-order valence-corrected chi connectivity index (χ3v) is 3.22. The molecule has 0 unspecified atom stereocenters. The van der Waals surface area contributed by atoms with Crippen molar-refractivity contribution in [3.8, 4) is 0 Å². The maximum atomic E-state index is 11.7. The summed E-state index contributed by atoms with van der Waals surface area (Å²) in [5, 5.41) is 5.86. The monoisotopic (exact) mass is 262 g/mol. The normalized spacial score (nSPS) is 10.1. The number of anilines is 1. The molecule has 94 valence electrons. The van der Waals surface area contributed by atoms with Gasteiger partial charge in [-0.15, -0.1) is 11.3 Å². The first-order chi connectivity index (χ1) is 8.75.